The lowest BCUT2D eigenvalue weighted by Gasteiger charge is -2.32. The first kappa shape index (κ1) is 80.8. The fourth-order valence-corrected chi connectivity index (χ4v) is 14.9. The van der Waals surface area contributed by atoms with Crippen LogP contribution in [0.4, 0.5) is 11.8 Å². The van der Waals surface area contributed by atoms with Crippen LogP contribution in [-0.4, -0.2) is 189 Å². The Balaban J connectivity index is 0.000000179. The van der Waals surface area contributed by atoms with Crippen LogP contribution in [0.15, 0.2) is 153 Å². The van der Waals surface area contributed by atoms with E-state index in [1.807, 2.05) is 42.5 Å². The summed E-state index contributed by atoms with van der Waals surface area (Å²) in [6, 6.07) is 30.5. The minimum absolute atomic E-state index is 0. The van der Waals surface area contributed by atoms with Crippen molar-refractivity contribution in [2.75, 3.05) is 76.1 Å². The quantitative estimate of drug-likeness (QED) is 0.0251. The van der Waals surface area contributed by atoms with Gasteiger partial charge in [-0.15, -0.1) is 4.52 Å². The molecular formula is C63H75Cl2N19O17S4. The number of nitrogens with zero attached hydrogens (tertiary/aromatic N) is 11. The first-order chi connectivity index (χ1) is 48.8. The molecule has 0 atom stereocenters. The number of quaternary nitrogens is 1. The maximum atomic E-state index is 11.7. The Labute approximate surface area is 614 Å². The van der Waals surface area contributed by atoms with Crippen LogP contribution in [-0.2, 0) is 52.2 Å². The highest BCUT2D eigenvalue weighted by atomic mass is 35.5. The molecule has 3 aliphatic heterocycles. The summed E-state index contributed by atoms with van der Waals surface area (Å²) >= 11 is 0. The largest absolute Gasteiger partial charge is 1.00 e. The van der Waals surface area contributed by atoms with Gasteiger partial charge in [0.05, 0.1) is 51.6 Å². The molecular weight excluding hydrogens is 1490 g/mol. The number of carboxylic acids is 4. The van der Waals surface area contributed by atoms with Crippen LogP contribution >= 0.6 is 0 Å². The fourth-order valence-electron chi connectivity index (χ4n) is 12.2. The summed E-state index contributed by atoms with van der Waals surface area (Å²) in [5.74, 6) is -4.06. The number of likely N-dealkylation sites (tertiary alicyclic amines) is 1. The average molecular weight is 1570 g/mol. The molecule has 13 rings (SSSR count). The Bertz CT molecular complexity index is 5210. The number of rotatable bonds is 20. The Morgan fingerprint density at radius 3 is 1.50 bits per heavy atom. The second-order valence-electron chi connectivity index (χ2n) is 23.9. The standard InChI is InChI=1S/C25H29N3O5S.C14H17N5O4S.C13H17N5O4S.C11H10N6O4S.2ClH/c26-34(31,32)28-15-12-23(24(28)25(29)30)22-8-6-20(7-9-22)21-10-13-27(14-11-21)16-17-33-18-19-4-2-1-3-5-19;15-24(22,23)19-6-3-11(13(19)14(20)21)10-1-2-12(17-9-10)18-7-4-16-5-8-18;14-23(21,22)18-6-3-11(12(18)13(19)20)9-7-16-17(8-9)10-1-4-15-5-2-10;12-11-14-8-2-1-6(5-16(8)15-11)7-3-4-17(22(13,20)21)9(7)10(18)19;;/h1-9,12,15,21H,10-11,13-14,16-18H2,(H,29,30)(H2,26,31,32);1-3,6,9,16H,4-5,7-8H2,(H,20,21)(H2,15,22,23);3,6-8,10,15H,1-2,4-5H2,(H,19,20)(H2,14,21,22);1-5H,(H5,12,13,15,18,19,20,21);2*1H. The maximum Gasteiger partial charge on any atom is 0.354 e. The number of halogens is 2. The van der Waals surface area contributed by atoms with Crippen molar-refractivity contribution in [3.8, 4) is 44.5 Å². The highest BCUT2D eigenvalue weighted by molar-refractivity contribution is 7.88. The average Bonchev–Trinajstić information content (AvgIpc) is 1.69. The van der Waals surface area contributed by atoms with E-state index < -0.39 is 81.8 Å². The molecule has 11 heterocycles. The third kappa shape index (κ3) is 19.7. The second kappa shape index (κ2) is 34.3. The highest BCUT2D eigenvalue weighted by Crippen LogP contribution is 2.34. The Hall–Kier alpha value is -9.92. The number of piperidine rings is 2. The molecule has 105 heavy (non-hydrogen) atoms. The van der Waals surface area contributed by atoms with Gasteiger partial charge in [-0.1, -0.05) is 54.6 Å². The summed E-state index contributed by atoms with van der Waals surface area (Å²) in [6.45, 7) is 9.87. The van der Waals surface area contributed by atoms with Crippen molar-refractivity contribution in [2.24, 2.45) is 20.6 Å². The van der Waals surface area contributed by atoms with Gasteiger partial charge in [-0.3, -0.25) is 4.68 Å². The molecule has 3 aliphatic rings. The fraction of sp³-hybridized carbons (Fsp3) is 0.270. The predicted octanol–water partition coefficient (Wildman–Crippen LogP) is -5.03. The van der Waals surface area contributed by atoms with Gasteiger partial charge in [-0.25, -0.2) is 60.6 Å². The van der Waals surface area contributed by atoms with Gasteiger partial charge in [0.25, 0.3) is 0 Å². The van der Waals surface area contributed by atoms with Crippen LogP contribution < -0.4 is 71.2 Å². The van der Waals surface area contributed by atoms with E-state index in [-0.39, 0.29) is 59.2 Å². The van der Waals surface area contributed by atoms with Crippen molar-refractivity contribution in [3.63, 3.8) is 0 Å². The number of H-pyrrole nitrogens is 1. The lowest BCUT2D eigenvalue weighted by atomic mass is 9.88. The van der Waals surface area contributed by atoms with Crippen LogP contribution in [0.25, 0.3) is 50.2 Å². The van der Waals surface area contributed by atoms with Gasteiger partial charge in [0.1, 0.15) is 12.0 Å². The van der Waals surface area contributed by atoms with E-state index >= 15 is 0 Å². The zero-order valence-corrected chi connectivity index (χ0v) is 60.3. The molecule has 2 aromatic carbocycles. The molecule has 3 saturated heterocycles. The van der Waals surface area contributed by atoms with E-state index in [0.717, 1.165) is 109 Å². The molecule has 0 amide bonds. The van der Waals surface area contributed by atoms with Crippen molar-refractivity contribution < 1.29 is 113 Å². The van der Waals surface area contributed by atoms with Crippen LogP contribution in [0, 0.1) is 0 Å². The Morgan fingerprint density at radius 2 is 1.03 bits per heavy atom. The molecule has 0 unspecified atom stereocenters. The molecule has 562 valence electrons. The van der Waals surface area contributed by atoms with Crippen molar-refractivity contribution >= 4 is 82.1 Å². The van der Waals surface area contributed by atoms with Gasteiger partial charge in [0.15, 0.2) is 22.8 Å². The van der Waals surface area contributed by atoms with E-state index in [2.05, 4.69) is 52.7 Å². The SMILES string of the molecule is NS(=O)(=O)n1ccc(-c2ccc(C3CCN(CCOCc4ccccc4)CC3)cc2)c1C(=O)O.NS(=O)(=O)n1ccc(-c2ccc(N3CC[NH2+]CC3)nc2)c1C(=O)O.NS(=O)(=O)n1ccc(-c2cnn(C3CCNCC3)c2)c1C(=O)O.Nc1nc2ccc(-c3ccn(S(N)(=O)=O)c3C(=O)O)c[n+]2[nH]1.[Cl-].[Cl-]. The number of anilines is 2. The van der Waals surface area contributed by atoms with Crippen molar-refractivity contribution in [1.82, 2.24) is 51.0 Å². The Morgan fingerprint density at radius 1 is 0.562 bits per heavy atom. The van der Waals surface area contributed by atoms with Crippen molar-refractivity contribution in [1.29, 1.82) is 0 Å². The molecule has 0 spiro atoms. The number of pyridine rings is 2. The van der Waals surface area contributed by atoms with Gasteiger partial charge in [0.2, 0.25) is 0 Å². The molecule has 8 aromatic heterocycles. The number of carboxylic acid groups (broad SMARTS) is 4. The van der Waals surface area contributed by atoms with Crippen LogP contribution in [0.3, 0.4) is 0 Å². The van der Waals surface area contributed by atoms with Crippen molar-refractivity contribution in [3.05, 3.63) is 187 Å². The van der Waals surface area contributed by atoms with Gasteiger partial charge >= 0.3 is 76.3 Å². The number of aromatic amines is 1. The summed E-state index contributed by atoms with van der Waals surface area (Å²) < 4.78 is 104. The highest BCUT2D eigenvalue weighted by Gasteiger charge is 2.29. The molecule has 10 aromatic rings. The van der Waals surface area contributed by atoms with Gasteiger partial charge in [0, 0.05) is 93.7 Å². The number of aromatic carboxylic acids is 4. The van der Waals surface area contributed by atoms with Crippen LogP contribution in [0.5, 0.6) is 0 Å². The summed E-state index contributed by atoms with van der Waals surface area (Å²) in [5.41, 5.74) is 10.0. The normalized spacial score (nSPS) is 14.6. The molecule has 18 N–H and O–H groups in total. The zero-order valence-electron chi connectivity index (χ0n) is 55.6. The first-order valence-corrected chi connectivity index (χ1v) is 37.7. The Kier molecular flexibility index (Phi) is 26.4. The lowest BCUT2D eigenvalue weighted by Crippen LogP contribution is -3.00. The van der Waals surface area contributed by atoms with Crippen LogP contribution in [0.2, 0.25) is 0 Å². The number of piperazine rings is 1. The number of nitrogen functional groups attached to an aromatic ring is 1. The molecule has 36 nitrogen and oxygen atoms in total. The molecule has 3 fully saturated rings. The number of benzene rings is 2. The number of aromatic nitrogens is 10. The minimum Gasteiger partial charge on any atom is -1.00 e. The van der Waals surface area contributed by atoms with E-state index in [9.17, 15) is 73.3 Å². The summed E-state index contributed by atoms with van der Waals surface area (Å²) in [6.07, 6.45) is 14.8. The molecule has 0 aliphatic carbocycles. The smallest absolute Gasteiger partial charge is 0.354 e. The predicted molar refractivity (Wildman–Crippen MR) is 374 cm³/mol. The van der Waals surface area contributed by atoms with E-state index in [4.69, 9.17) is 31.0 Å². The van der Waals surface area contributed by atoms with Crippen LogP contribution in [0.1, 0.15) is 90.7 Å². The number of carbonyl (C=O) groups is 4. The van der Waals surface area contributed by atoms with E-state index in [0.29, 0.717) is 68.5 Å². The molecule has 0 bridgehead atoms. The molecule has 0 saturated carbocycles. The number of nitrogens with two attached hydrogens (primary N) is 6. The summed E-state index contributed by atoms with van der Waals surface area (Å²) in [7, 11) is -16.8. The molecule has 42 heteroatoms. The third-order valence-corrected chi connectivity index (χ3v) is 20.6. The summed E-state index contributed by atoms with van der Waals surface area (Å²) in [4.78, 5) is 59.0. The first-order valence-electron chi connectivity index (χ1n) is 31.7. The van der Waals surface area contributed by atoms with E-state index in [1.165, 1.54) is 52.3 Å². The van der Waals surface area contributed by atoms with Gasteiger partial charge in [-0.2, -0.15) is 43.9 Å². The monoisotopic (exact) mass is 1570 g/mol. The topological polar surface area (TPSA) is 543 Å². The number of nitrogens with one attached hydrogen (secondary N) is 2. The third-order valence-electron chi connectivity index (χ3n) is 17.2. The number of hydrogen-bond acceptors (Lipinski definition) is 20. The second-order valence-corrected chi connectivity index (χ2v) is 29.6. The number of ether oxygens (including phenoxy) is 1. The van der Waals surface area contributed by atoms with E-state index in [1.54, 1.807) is 47.5 Å². The molecule has 0 radical (unpaired) electrons. The summed E-state index contributed by atoms with van der Waals surface area (Å²) in [5, 5.41) is 70.3. The zero-order chi connectivity index (χ0) is 74.1. The maximum absolute atomic E-state index is 11.7. The number of hydrogen-bond donors (Lipinski definition) is 12. The lowest BCUT2D eigenvalue weighted by molar-refractivity contribution is -0.655. The van der Waals surface area contributed by atoms with Gasteiger partial charge in [-0.05, 0) is 117 Å². The number of fused-ring (bicyclic) bond motifs is 1. The minimum atomic E-state index is -4.22. The van der Waals surface area contributed by atoms with Gasteiger partial charge < -0.3 is 76.1 Å². The van der Waals surface area contributed by atoms with Crippen molar-refractivity contribution in [2.45, 2.75) is 44.2 Å².